The van der Waals surface area contributed by atoms with Crippen LogP contribution >= 0.6 is 24.0 Å². The molecule has 0 radical (unpaired) electrons. The van der Waals surface area contributed by atoms with Crippen LogP contribution in [0.15, 0.2) is 59.6 Å². The summed E-state index contributed by atoms with van der Waals surface area (Å²) in [4.78, 5) is 15.0. The van der Waals surface area contributed by atoms with Crippen molar-refractivity contribution in [3.05, 3.63) is 65.7 Å². The number of primary amides is 1. The third kappa shape index (κ3) is 7.88. The van der Waals surface area contributed by atoms with Gasteiger partial charge in [-0.2, -0.15) is 0 Å². The standard InChI is InChI=1S/C18H22N4O2.HI/c1-20-18(21-11-14-6-3-2-4-7-14)22-12-15-8-5-9-16(10-15)24-13-17(19)23;/h2-10H,11-13H2,1H3,(H2,19,23)(H2,20,21,22);1H. The summed E-state index contributed by atoms with van der Waals surface area (Å²) >= 11 is 0. The van der Waals surface area contributed by atoms with Crippen LogP contribution in [0.4, 0.5) is 0 Å². The number of rotatable bonds is 7. The Labute approximate surface area is 164 Å². The van der Waals surface area contributed by atoms with Crippen molar-refractivity contribution >= 4 is 35.8 Å². The Balaban J connectivity index is 0.00000312. The van der Waals surface area contributed by atoms with Gasteiger partial charge in [-0.15, -0.1) is 24.0 Å². The molecule has 7 heteroatoms. The summed E-state index contributed by atoms with van der Waals surface area (Å²) in [5.74, 6) is 0.826. The molecule has 2 rings (SSSR count). The number of halogens is 1. The van der Waals surface area contributed by atoms with Crippen molar-refractivity contribution in [1.29, 1.82) is 0 Å². The summed E-state index contributed by atoms with van der Waals surface area (Å²) in [7, 11) is 1.73. The highest BCUT2D eigenvalue weighted by Crippen LogP contribution is 2.13. The average molecular weight is 454 g/mol. The maximum absolute atomic E-state index is 10.8. The lowest BCUT2D eigenvalue weighted by atomic mass is 10.2. The molecule has 0 unspecified atom stereocenters. The molecule has 0 aliphatic carbocycles. The molecule has 0 saturated heterocycles. The van der Waals surface area contributed by atoms with Crippen LogP contribution < -0.4 is 21.1 Å². The van der Waals surface area contributed by atoms with Gasteiger partial charge in [0.15, 0.2) is 12.6 Å². The van der Waals surface area contributed by atoms with E-state index >= 15 is 0 Å². The highest BCUT2D eigenvalue weighted by atomic mass is 127. The molecule has 0 aromatic heterocycles. The number of amides is 1. The minimum Gasteiger partial charge on any atom is -0.484 e. The third-order valence-electron chi connectivity index (χ3n) is 3.27. The first-order valence-electron chi connectivity index (χ1n) is 7.66. The number of nitrogens with two attached hydrogens (primary N) is 1. The second-order valence-corrected chi connectivity index (χ2v) is 5.17. The van der Waals surface area contributed by atoms with Gasteiger partial charge in [0.05, 0.1) is 0 Å². The number of carbonyl (C=O) groups excluding carboxylic acids is 1. The van der Waals surface area contributed by atoms with Crippen LogP contribution in [-0.2, 0) is 17.9 Å². The predicted octanol–water partition coefficient (Wildman–Crippen LogP) is 2.03. The lowest BCUT2D eigenvalue weighted by Gasteiger charge is -2.12. The lowest BCUT2D eigenvalue weighted by Crippen LogP contribution is -2.36. The van der Waals surface area contributed by atoms with Crippen molar-refractivity contribution in [3.63, 3.8) is 0 Å². The van der Waals surface area contributed by atoms with E-state index in [0.29, 0.717) is 24.8 Å². The van der Waals surface area contributed by atoms with Gasteiger partial charge in [-0.3, -0.25) is 9.79 Å². The number of carbonyl (C=O) groups is 1. The molecular formula is C18H23IN4O2. The zero-order chi connectivity index (χ0) is 17.2. The highest BCUT2D eigenvalue weighted by molar-refractivity contribution is 14.0. The van der Waals surface area contributed by atoms with Gasteiger partial charge in [-0.1, -0.05) is 42.5 Å². The molecule has 0 heterocycles. The maximum Gasteiger partial charge on any atom is 0.255 e. The van der Waals surface area contributed by atoms with Crippen LogP contribution in [0.3, 0.4) is 0 Å². The van der Waals surface area contributed by atoms with Gasteiger partial charge in [0.2, 0.25) is 0 Å². The van der Waals surface area contributed by atoms with E-state index in [9.17, 15) is 4.79 Å². The van der Waals surface area contributed by atoms with Crippen LogP contribution in [0, 0.1) is 0 Å². The Kier molecular flexibility index (Phi) is 9.38. The van der Waals surface area contributed by atoms with Gasteiger partial charge in [0.25, 0.3) is 5.91 Å². The van der Waals surface area contributed by atoms with Crippen LogP contribution in [0.2, 0.25) is 0 Å². The summed E-state index contributed by atoms with van der Waals surface area (Å²) in [6.45, 7) is 1.15. The first-order chi connectivity index (χ1) is 11.7. The molecule has 4 N–H and O–H groups in total. The maximum atomic E-state index is 10.8. The third-order valence-corrected chi connectivity index (χ3v) is 3.27. The van der Waals surface area contributed by atoms with Gasteiger partial charge in [0, 0.05) is 20.1 Å². The molecule has 0 aliphatic heterocycles. The Morgan fingerprint density at radius 3 is 2.32 bits per heavy atom. The van der Waals surface area contributed by atoms with E-state index in [4.69, 9.17) is 10.5 Å². The van der Waals surface area contributed by atoms with Crippen LogP contribution in [0.25, 0.3) is 0 Å². The van der Waals surface area contributed by atoms with Crippen molar-refractivity contribution in [3.8, 4) is 5.75 Å². The molecular weight excluding hydrogens is 431 g/mol. The molecule has 2 aromatic carbocycles. The van der Waals surface area contributed by atoms with E-state index in [0.717, 1.165) is 5.56 Å². The number of ether oxygens (including phenoxy) is 1. The number of guanidine groups is 1. The molecule has 1 amide bonds. The average Bonchev–Trinajstić information content (AvgIpc) is 2.61. The smallest absolute Gasteiger partial charge is 0.255 e. The molecule has 0 fully saturated rings. The number of nitrogens with one attached hydrogen (secondary N) is 2. The summed E-state index contributed by atoms with van der Waals surface area (Å²) in [6.07, 6.45) is 0. The number of aliphatic imine (C=N–C) groups is 1. The number of nitrogens with zero attached hydrogens (tertiary/aromatic N) is 1. The monoisotopic (exact) mass is 454 g/mol. The first kappa shape index (κ1) is 20.8. The molecule has 25 heavy (non-hydrogen) atoms. The zero-order valence-electron chi connectivity index (χ0n) is 14.1. The summed E-state index contributed by atoms with van der Waals surface area (Å²) < 4.78 is 5.30. The van der Waals surface area contributed by atoms with Crippen LogP contribution in [0.5, 0.6) is 5.75 Å². The summed E-state index contributed by atoms with van der Waals surface area (Å²) in [6, 6.07) is 17.6. The normalized spacial score (nSPS) is 10.5. The SMILES string of the molecule is CN=C(NCc1ccccc1)NCc1cccc(OCC(N)=O)c1.I. The molecule has 0 atom stereocenters. The topological polar surface area (TPSA) is 88.7 Å². The van der Waals surface area contributed by atoms with E-state index in [2.05, 4.69) is 27.8 Å². The summed E-state index contributed by atoms with van der Waals surface area (Å²) in [5.41, 5.74) is 7.27. The highest BCUT2D eigenvalue weighted by Gasteiger charge is 2.02. The molecule has 0 bridgehead atoms. The first-order valence-corrected chi connectivity index (χ1v) is 7.66. The van der Waals surface area contributed by atoms with E-state index in [1.807, 2.05) is 36.4 Å². The lowest BCUT2D eigenvalue weighted by molar-refractivity contribution is -0.119. The van der Waals surface area contributed by atoms with Gasteiger partial charge in [-0.05, 0) is 23.3 Å². The van der Waals surface area contributed by atoms with Crippen molar-refractivity contribution in [1.82, 2.24) is 10.6 Å². The number of hydrogen-bond donors (Lipinski definition) is 3. The fraction of sp³-hybridized carbons (Fsp3) is 0.222. The van der Waals surface area contributed by atoms with Crippen molar-refractivity contribution in [2.45, 2.75) is 13.1 Å². The molecule has 2 aromatic rings. The van der Waals surface area contributed by atoms with Crippen LogP contribution in [-0.4, -0.2) is 25.5 Å². The zero-order valence-corrected chi connectivity index (χ0v) is 16.4. The Bertz CT molecular complexity index is 692. The van der Waals surface area contributed by atoms with Gasteiger partial charge in [-0.25, -0.2) is 0 Å². The molecule has 0 saturated carbocycles. The minimum absolute atomic E-state index is 0. The largest absolute Gasteiger partial charge is 0.484 e. The quantitative estimate of drug-likeness (QED) is 0.340. The van der Waals surface area contributed by atoms with E-state index in [1.54, 1.807) is 13.1 Å². The van der Waals surface area contributed by atoms with Crippen molar-refractivity contribution < 1.29 is 9.53 Å². The molecule has 6 nitrogen and oxygen atoms in total. The summed E-state index contributed by atoms with van der Waals surface area (Å²) in [5, 5.41) is 6.50. The Morgan fingerprint density at radius 1 is 1.04 bits per heavy atom. The van der Waals surface area contributed by atoms with Gasteiger partial charge < -0.3 is 21.1 Å². The number of benzene rings is 2. The second-order valence-electron chi connectivity index (χ2n) is 5.17. The molecule has 134 valence electrons. The van der Waals surface area contributed by atoms with E-state index < -0.39 is 5.91 Å². The van der Waals surface area contributed by atoms with Gasteiger partial charge >= 0.3 is 0 Å². The van der Waals surface area contributed by atoms with Crippen LogP contribution in [0.1, 0.15) is 11.1 Å². The predicted molar refractivity (Wildman–Crippen MR) is 110 cm³/mol. The Morgan fingerprint density at radius 2 is 1.68 bits per heavy atom. The van der Waals surface area contributed by atoms with Crippen molar-refractivity contribution in [2.75, 3.05) is 13.7 Å². The second kappa shape index (κ2) is 11.3. The van der Waals surface area contributed by atoms with Crippen molar-refractivity contribution in [2.24, 2.45) is 10.7 Å². The molecule has 0 spiro atoms. The van der Waals surface area contributed by atoms with E-state index in [1.165, 1.54) is 5.56 Å². The van der Waals surface area contributed by atoms with Gasteiger partial charge in [0.1, 0.15) is 5.75 Å². The van der Waals surface area contributed by atoms with E-state index in [-0.39, 0.29) is 30.6 Å². The fourth-order valence-corrected chi connectivity index (χ4v) is 2.09. The fourth-order valence-electron chi connectivity index (χ4n) is 2.09. The minimum atomic E-state index is -0.496. The number of hydrogen-bond acceptors (Lipinski definition) is 3. The Hall–Kier alpha value is -2.29. The molecule has 0 aliphatic rings.